The minimum Gasteiger partial charge on any atom is -0.454 e. The number of rotatable bonds is 10. The predicted molar refractivity (Wildman–Crippen MR) is 549 cm³/mol. The number of aromatic nitrogens is 10. The summed E-state index contributed by atoms with van der Waals surface area (Å²) in [6.07, 6.45) is 5.58. The molecule has 0 N–H and O–H groups in total. The Kier molecular flexibility index (Phi) is 17.9. The molecule has 0 saturated carbocycles. The van der Waals surface area contributed by atoms with Gasteiger partial charge < -0.3 is 8.98 Å². The molecule has 0 amide bonds. The number of thiophene rings is 1. The number of para-hydroxylation sites is 1. The molecule has 28 rings (SSSR count). The van der Waals surface area contributed by atoms with Crippen molar-refractivity contribution in [2.24, 2.45) is 0 Å². The highest BCUT2D eigenvalue weighted by Gasteiger charge is 2.27. The second-order valence-corrected chi connectivity index (χ2v) is 34.6. The molecule has 12 heteroatoms. The van der Waals surface area contributed by atoms with E-state index in [0.29, 0.717) is 0 Å². The summed E-state index contributed by atoms with van der Waals surface area (Å²) in [6.45, 7) is 0. The molecular formula is C120H74N10OS. The summed E-state index contributed by atoms with van der Waals surface area (Å²) in [4.78, 5) is 30.2. The van der Waals surface area contributed by atoms with Gasteiger partial charge in [0.2, 0.25) is 0 Å². The lowest BCUT2D eigenvalue weighted by Gasteiger charge is -2.14. The Hall–Kier alpha value is -17.6. The van der Waals surface area contributed by atoms with Crippen LogP contribution in [-0.2, 0) is 0 Å². The summed E-state index contributed by atoms with van der Waals surface area (Å²) in [6, 6.07) is 152. The Balaban J connectivity index is 0.000000104. The lowest BCUT2D eigenvalue weighted by Crippen LogP contribution is -1.98. The Morgan fingerprint density at radius 3 is 0.985 bits per heavy atom. The van der Waals surface area contributed by atoms with Crippen molar-refractivity contribution in [2.45, 2.75) is 0 Å². The molecule has 0 bridgehead atoms. The fourth-order valence-electron chi connectivity index (χ4n) is 20.1. The van der Waals surface area contributed by atoms with Gasteiger partial charge in [-0.15, -0.1) is 11.3 Å². The van der Waals surface area contributed by atoms with E-state index in [1.165, 1.54) is 74.2 Å². The van der Waals surface area contributed by atoms with Gasteiger partial charge in [-0.1, -0.05) is 309 Å². The van der Waals surface area contributed by atoms with E-state index in [9.17, 15) is 0 Å². The topological polar surface area (TPSA) is 110 Å². The zero-order valence-corrected chi connectivity index (χ0v) is 71.8. The number of nitrogens with zero attached hydrogens (tertiary/aromatic N) is 10. The van der Waals surface area contributed by atoms with Gasteiger partial charge in [0.15, 0.2) is 5.58 Å². The van der Waals surface area contributed by atoms with Crippen molar-refractivity contribution < 1.29 is 4.42 Å². The van der Waals surface area contributed by atoms with Gasteiger partial charge in [0.25, 0.3) is 0 Å². The second-order valence-electron chi connectivity index (χ2n) is 33.5. The first-order valence-electron chi connectivity index (χ1n) is 44.4. The lowest BCUT2D eigenvalue weighted by molar-refractivity contribution is 0.668. The van der Waals surface area contributed by atoms with Crippen molar-refractivity contribution in [3.05, 3.63) is 449 Å². The first-order chi connectivity index (χ1) is 65.5. The number of fused-ring (bicyclic) bond motifs is 27. The van der Waals surface area contributed by atoms with Gasteiger partial charge in [-0.3, -0.25) is 28.7 Å². The van der Waals surface area contributed by atoms with E-state index < -0.39 is 0 Å². The molecule has 616 valence electrons. The zero-order chi connectivity index (χ0) is 86.9. The molecule has 0 atom stereocenters. The van der Waals surface area contributed by atoms with Crippen LogP contribution in [-0.4, -0.2) is 48.2 Å². The number of hydrogen-bond donors (Lipinski definition) is 0. The molecule has 9 aromatic heterocycles. The van der Waals surface area contributed by atoms with Crippen LogP contribution in [0.15, 0.2) is 454 Å². The van der Waals surface area contributed by atoms with Crippen LogP contribution in [0.3, 0.4) is 0 Å². The third-order valence-electron chi connectivity index (χ3n) is 26.0. The molecule has 0 fully saturated rings. The maximum Gasteiger partial charge on any atom is 0.153 e. The van der Waals surface area contributed by atoms with Crippen LogP contribution in [0.4, 0.5) is 0 Å². The van der Waals surface area contributed by atoms with Crippen LogP contribution < -0.4 is 0 Å². The standard InChI is InChI=1S/C44H28N4.C38H23N3O.C38H23N3S/c1-3-13-29(14-4-1)44-46-42-36-21-9-7-19-34(36)35-20-8-10-22-37(35)43(42)48(44)33-18-11-15-30(27-33)31-24-25-39-38(28-31)41-40(23-12-26-45-41)47(39)32-16-5-2-6-17-32;2*1-2-10-24(11-3-1)38-40-36-30-16-6-4-14-28(30)29-15-5-7-17-31(29)37(36)41(38)27-13-8-12-25(22-27)26-19-20-33-32(23-26)35-34(42-33)18-9-21-39-35/h1-28H;2*1-23H. The van der Waals surface area contributed by atoms with Gasteiger partial charge in [-0.05, 0) is 187 Å². The second kappa shape index (κ2) is 31.2. The molecule has 0 spiro atoms. The molecule has 28 aromatic rings. The summed E-state index contributed by atoms with van der Waals surface area (Å²) >= 11 is 1.79. The maximum atomic E-state index is 6.04. The zero-order valence-electron chi connectivity index (χ0n) is 71.0. The largest absolute Gasteiger partial charge is 0.454 e. The summed E-state index contributed by atoms with van der Waals surface area (Å²) in [5.41, 5.74) is 27.6. The van der Waals surface area contributed by atoms with Crippen molar-refractivity contribution >= 4 is 173 Å². The van der Waals surface area contributed by atoms with E-state index in [0.717, 1.165) is 178 Å². The Labute approximate surface area is 760 Å². The molecule has 0 aliphatic heterocycles. The first kappa shape index (κ1) is 75.7. The predicted octanol–water partition coefficient (Wildman–Crippen LogP) is 31.5. The van der Waals surface area contributed by atoms with Gasteiger partial charge in [0.05, 0.1) is 59.9 Å². The fraction of sp³-hybridized carbons (Fsp3) is 0. The van der Waals surface area contributed by atoms with Gasteiger partial charge in [0, 0.05) is 111 Å². The van der Waals surface area contributed by atoms with E-state index >= 15 is 0 Å². The van der Waals surface area contributed by atoms with Gasteiger partial charge in [-0.25, -0.2) is 15.0 Å². The van der Waals surface area contributed by atoms with Crippen molar-refractivity contribution in [2.75, 3.05) is 0 Å². The summed E-state index contributed by atoms with van der Waals surface area (Å²) < 4.78 is 17.8. The minimum absolute atomic E-state index is 0.801. The number of benzene rings is 19. The van der Waals surface area contributed by atoms with Gasteiger partial charge in [-0.2, -0.15) is 0 Å². The monoisotopic (exact) mass is 1700 g/mol. The smallest absolute Gasteiger partial charge is 0.153 e. The van der Waals surface area contributed by atoms with Crippen LogP contribution in [0.1, 0.15) is 0 Å². The molecule has 132 heavy (non-hydrogen) atoms. The molecule has 0 aliphatic rings. The van der Waals surface area contributed by atoms with Crippen LogP contribution in [0.5, 0.6) is 0 Å². The van der Waals surface area contributed by atoms with Crippen LogP contribution in [0.25, 0.3) is 252 Å². The van der Waals surface area contributed by atoms with E-state index in [2.05, 4.69) is 418 Å². The number of pyridine rings is 3. The normalized spacial score (nSPS) is 11.8. The Bertz CT molecular complexity index is 9150. The highest BCUT2D eigenvalue weighted by molar-refractivity contribution is 7.25. The van der Waals surface area contributed by atoms with Crippen molar-refractivity contribution in [3.8, 4) is 90.3 Å². The van der Waals surface area contributed by atoms with Crippen molar-refractivity contribution in [1.82, 2.24) is 48.2 Å². The van der Waals surface area contributed by atoms with Crippen molar-refractivity contribution in [3.63, 3.8) is 0 Å². The number of furan rings is 1. The van der Waals surface area contributed by atoms with Crippen LogP contribution >= 0.6 is 11.3 Å². The summed E-state index contributed by atoms with van der Waals surface area (Å²) in [5.74, 6) is 2.78. The van der Waals surface area contributed by atoms with Gasteiger partial charge in [0.1, 0.15) is 28.6 Å². The van der Waals surface area contributed by atoms with E-state index in [1.54, 1.807) is 11.3 Å². The summed E-state index contributed by atoms with van der Waals surface area (Å²) in [7, 11) is 0. The minimum atomic E-state index is 0.801. The molecule has 19 aromatic carbocycles. The van der Waals surface area contributed by atoms with Crippen LogP contribution in [0, 0.1) is 0 Å². The average Bonchev–Trinajstić information content (AvgIpc) is 1.56. The summed E-state index contributed by atoms with van der Waals surface area (Å²) in [5, 5.41) is 17.7. The molecule has 11 nitrogen and oxygen atoms in total. The average molecular weight is 1700 g/mol. The van der Waals surface area contributed by atoms with Crippen molar-refractivity contribution in [1.29, 1.82) is 0 Å². The number of hydrogen-bond acceptors (Lipinski definition) is 8. The van der Waals surface area contributed by atoms with E-state index in [-0.39, 0.29) is 0 Å². The van der Waals surface area contributed by atoms with E-state index in [1.807, 2.05) is 55.0 Å². The fourth-order valence-corrected chi connectivity index (χ4v) is 21.2. The molecular weight excluding hydrogens is 1630 g/mol. The van der Waals surface area contributed by atoms with Crippen LogP contribution in [0.2, 0.25) is 0 Å². The molecule has 9 heterocycles. The first-order valence-corrected chi connectivity index (χ1v) is 45.3. The highest BCUT2D eigenvalue weighted by atomic mass is 32.1. The Morgan fingerprint density at radius 2 is 0.523 bits per heavy atom. The SMILES string of the molecule is c1ccc(-c2nc3c4ccccc4c4ccccc4c3n2-c2cccc(-c3ccc4c(c3)c3ncccc3n4-c3ccccc3)c2)cc1.c1ccc(-c2nc3c4ccccc4c4ccccc4c3n2-c2cccc(-c3ccc4oc5cccnc5c4c3)c2)cc1.c1ccc(-c2nc3c4ccccc4c4ccccc4c3n2-c2cccc(-c3ccc4sc5cccnc5c4c3)c2)cc1. The highest BCUT2D eigenvalue weighted by Crippen LogP contribution is 2.47. The number of imidazole rings is 3. The molecule has 0 saturated heterocycles. The van der Waals surface area contributed by atoms with Gasteiger partial charge >= 0.3 is 0 Å². The quantitative estimate of drug-likeness (QED) is 0.125. The maximum absolute atomic E-state index is 6.04. The Morgan fingerprint density at radius 1 is 0.182 bits per heavy atom. The molecule has 0 aliphatic carbocycles. The lowest BCUT2D eigenvalue weighted by atomic mass is 9.99. The van der Waals surface area contributed by atoms with E-state index in [4.69, 9.17) is 29.3 Å². The molecule has 0 radical (unpaired) electrons. The third-order valence-corrected chi connectivity index (χ3v) is 27.1. The molecule has 0 unspecified atom stereocenters. The third kappa shape index (κ3) is 12.5.